The minimum absolute atomic E-state index is 0.0331. The average molecular weight is 412 g/mol. The number of hydrogen-bond donors (Lipinski definition) is 0. The number of likely N-dealkylation sites (tertiary alicyclic amines) is 1. The summed E-state index contributed by atoms with van der Waals surface area (Å²) in [6, 6.07) is 13.1. The monoisotopic (exact) mass is 412 g/mol. The zero-order valence-electron chi connectivity index (χ0n) is 15.3. The topological polar surface area (TPSA) is 46.6 Å². The molecule has 0 bridgehead atoms. The molecule has 0 spiro atoms. The van der Waals surface area contributed by atoms with Crippen LogP contribution in [0.2, 0.25) is 0 Å². The highest BCUT2D eigenvalue weighted by Crippen LogP contribution is 2.35. The molecule has 2 aromatic carbocycles. The molecule has 1 fully saturated rings. The summed E-state index contributed by atoms with van der Waals surface area (Å²) in [5.41, 5.74) is 1.23. The molecule has 8 heteroatoms. The summed E-state index contributed by atoms with van der Waals surface area (Å²) in [5, 5.41) is 0. The number of piperidine rings is 1. The number of alkyl halides is 3. The lowest BCUT2D eigenvalue weighted by molar-refractivity contribution is -0.275. The van der Waals surface area contributed by atoms with E-state index in [9.17, 15) is 21.6 Å². The SMILES string of the molecule is CS(=O)(=O)c1ccc(OC(F)(F)F)c(CN2CCC[CH]C2c2ccccc2)c1. The van der Waals surface area contributed by atoms with Crippen LogP contribution in [0, 0.1) is 6.42 Å². The minimum atomic E-state index is -4.85. The van der Waals surface area contributed by atoms with Crippen molar-refractivity contribution in [3.05, 3.63) is 66.1 Å². The van der Waals surface area contributed by atoms with Gasteiger partial charge in [-0.05, 0) is 49.6 Å². The smallest absolute Gasteiger partial charge is 0.405 e. The molecule has 1 atom stereocenters. The van der Waals surface area contributed by atoms with Crippen LogP contribution in [-0.2, 0) is 16.4 Å². The van der Waals surface area contributed by atoms with Crippen LogP contribution in [0.3, 0.4) is 0 Å². The first-order chi connectivity index (χ1) is 13.1. The first kappa shape index (κ1) is 20.7. The zero-order chi connectivity index (χ0) is 20.4. The number of sulfone groups is 1. The molecule has 0 saturated carbocycles. The van der Waals surface area contributed by atoms with Crippen molar-refractivity contribution in [3.63, 3.8) is 0 Å². The van der Waals surface area contributed by atoms with E-state index in [4.69, 9.17) is 0 Å². The quantitative estimate of drug-likeness (QED) is 0.724. The summed E-state index contributed by atoms with van der Waals surface area (Å²) < 4.78 is 66.4. The Bertz CT molecular complexity index is 914. The summed E-state index contributed by atoms with van der Waals surface area (Å²) in [6.45, 7) is 0.829. The average Bonchev–Trinajstić information content (AvgIpc) is 2.62. The molecule has 0 amide bonds. The molecule has 3 rings (SSSR count). The van der Waals surface area contributed by atoms with Gasteiger partial charge in [-0.3, -0.25) is 4.90 Å². The molecule has 4 nitrogen and oxygen atoms in total. The Morgan fingerprint density at radius 2 is 1.86 bits per heavy atom. The number of nitrogens with zero attached hydrogens (tertiary/aromatic N) is 1. The van der Waals surface area contributed by atoms with E-state index in [1.165, 1.54) is 6.07 Å². The van der Waals surface area contributed by atoms with E-state index in [2.05, 4.69) is 11.2 Å². The molecule has 1 radical (unpaired) electrons. The van der Waals surface area contributed by atoms with Crippen molar-refractivity contribution >= 4 is 9.84 Å². The fourth-order valence-corrected chi connectivity index (χ4v) is 4.06. The summed E-state index contributed by atoms with van der Waals surface area (Å²) in [4.78, 5) is 2.00. The normalized spacial score (nSPS) is 18.8. The van der Waals surface area contributed by atoms with Crippen LogP contribution in [0.5, 0.6) is 5.75 Å². The Kier molecular flexibility index (Phi) is 6.00. The van der Waals surface area contributed by atoms with Crippen molar-refractivity contribution in [2.24, 2.45) is 0 Å². The van der Waals surface area contributed by atoms with E-state index in [0.717, 1.165) is 36.8 Å². The van der Waals surface area contributed by atoms with Crippen LogP contribution in [-0.4, -0.2) is 32.5 Å². The molecule has 28 heavy (non-hydrogen) atoms. The van der Waals surface area contributed by atoms with Crippen LogP contribution >= 0.6 is 0 Å². The number of ether oxygens (including phenoxy) is 1. The van der Waals surface area contributed by atoms with E-state index in [1.807, 2.05) is 35.2 Å². The van der Waals surface area contributed by atoms with Gasteiger partial charge in [0.25, 0.3) is 0 Å². The van der Waals surface area contributed by atoms with Crippen LogP contribution in [0.1, 0.15) is 30.0 Å². The van der Waals surface area contributed by atoms with Gasteiger partial charge in [0.15, 0.2) is 9.84 Å². The predicted octanol–water partition coefficient (Wildman–Crippen LogP) is 4.53. The molecule has 0 aromatic heterocycles. The van der Waals surface area contributed by atoms with Gasteiger partial charge in [-0.25, -0.2) is 8.42 Å². The van der Waals surface area contributed by atoms with E-state index in [1.54, 1.807) is 0 Å². The Morgan fingerprint density at radius 3 is 2.50 bits per heavy atom. The summed E-state index contributed by atoms with van der Waals surface area (Å²) >= 11 is 0. The third kappa shape index (κ3) is 5.26. The van der Waals surface area contributed by atoms with Crippen molar-refractivity contribution in [1.82, 2.24) is 4.90 Å². The van der Waals surface area contributed by atoms with Gasteiger partial charge in [0.05, 0.1) is 4.90 Å². The molecule has 2 aromatic rings. The second-order valence-corrected chi connectivity index (χ2v) is 8.81. The maximum atomic E-state index is 12.8. The van der Waals surface area contributed by atoms with Crippen LogP contribution in [0.4, 0.5) is 13.2 Å². The number of rotatable bonds is 5. The molecule has 0 aliphatic carbocycles. The molecule has 1 unspecified atom stereocenters. The predicted molar refractivity (Wildman–Crippen MR) is 99.4 cm³/mol. The van der Waals surface area contributed by atoms with Gasteiger partial charge in [-0.1, -0.05) is 30.3 Å². The summed E-state index contributed by atoms with van der Waals surface area (Å²) in [7, 11) is -3.56. The van der Waals surface area contributed by atoms with Crippen molar-refractivity contribution in [3.8, 4) is 5.75 Å². The molecule has 1 aliphatic heterocycles. The van der Waals surface area contributed by atoms with Gasteiger partial charge in [-0.2, -0.15) is 0 Å². The van der Waals surface area contributed by atoms with E-state index in [-0.39, 0.29) is 28.8 Å². The minimum Gasteiger partial charge on any atom is -0.405 e. The largest absolute Gasteiger partial charge is 0.573 e. The van der Waals surface area contributed by atoms with Gasteiger partial charge < -0.3 is 4.74 Å². The Balaban J connectivity index is 1.95. The number of hydrogen-bond acceptors (Lipinski definition) is 4. The Morgan fingerprint density at radius 1 is 1.14 bits per heavy atom. The van der Waals surface area contributed by atoms with E-state index in [0.29, 0.717) is 6.54 Å². The van der Waals surface area contributed by atoms with Crippen LogP contribution in [0.25, 0.3) is 0 Å². The molecular formula is C20H21F3NO3S. The van der Waals surface area contributed by atoms with Crippen LogP contribution in [0.15, 0.2) is 53.4 Å². The molecule has 1 saturated heterocycles. The Hall–Kier alpha value is -2.06. The second-order valence-electron chi connectivity index (χ2n) is 6.79. The number of halogens is 3. The Labute approximate surface area is 162 Å². The molecular weight excluding hydrogens is 391 g/mol. The maximum Gasteiger partial charge on any atom is 0.573 e. The molecule has 1 aliphatic rings. The number of benzene rings is 2. The summed E-state index contributed by atoms with van der Waals surface area (Å²) in [5.74, 6) is -0.378. The first-order valence-corrected chi connectivity index (χ1v) is 10.7. The fraction of sp³-hybridized carbons (Fsp3) is 0.350. The van der Waals surface area contributed by atoms with Crippen molar-refractivity contribution < 1.29 is 26.3 Å². The lowest BCUT2D eigenvalue weighted by Crippen LogP contribution is -2.33. The highest BCUT2D eigenvalue weighted by Gasteiger charge is 2.33. The van der Waals surface area contributed by atoms with Crippen LogP contribution < -0.4 is 4.74 Å². The van der Waals surface area contributed by atoms with Crippen molar-refractivity contribution in [1.29, 1.82) is 0 Å². The van der Waals surface area contributed by atoms with E-state index < -0.39 is 16.2 Å². The van der Waals surface area contributed by atoms with Gasteiger partial charge in [0, 0.05) is 24.4 Å². The third-order valence-electron chi connectivity index (χ3n) is 4.63. The third-order valence-corrected chi connectivity index (χ3v) is 5.74. The van der Waals surface area contributed by atoms with Crippen molar-refractivity contribution in [2.45, 2.75) is 36.7 Å². The second kappa shape index (κ2) is 8.13. The van der Waals surface area contributed by atoms with Crippen molar-refractivity contribution in [2.75, 3.05) is 12.8 Å². The fourth-order valence-electron chi connectivity index (χ4n) is 3.39. The molecule has 151 valence electrons. The van der Waals surface area contributed by atoms with Gasteiger partial charge >= 0.3 is 6.36 Å². The lowest BCUT2D eigenvalue weighted by Gasteiger charge is -2.36. The highest BCUT2D eigenvalue weighted by molar-refractivity contribution is 7.90. The van der Waals surface area contributed by atoms with Gasteiger partial charge in [-0.15, -0.1) is 13.2 Å². The maximum absolute atomic E-state index is 12.8. The molecule has 0 N–H and O–H groups in total. The first-order valence-electron chi connectivity index (χ1n) is 8.84. The van der Waals surface area contributed by atoms with Gasteiger partial charge in [0.2, 0.25) is 0 Å². The lowest BCUT2D eigenvalue weighted by atomic mass is 9.94. The van der Waals surface area contributed by atoms with Gasteiger partial charge in [0.1, 0.15) is 5.75 Å². The van der Waals surface area contributed by atoms with E-state index >= 15 is 0 Å². The standard InChI is InChI=1S/C20H21F3NO3S/c1-28(25,26)17-10-11-19(27-20(21,22)23)16(13-17)14-24-12-6-5-9-18(24)15-7-3-2-4-8-15/h2-4,7-11,13,18H,5-6,12,14H2,1H3. The molecule has 1 heterocycles. The summed E-state index contributed by atoms with van der Waals surface area (Å²) in [6.07, 6.45) is 0.0888. The highest BCUT2D eigenvalue weighted by atomic mass is 32.2. The zero-order valence-corrected chi connectivity index (χ0v) is 16.1.